The van der Waals surface area contributed by atoms with Gasteiger partial charge in [0, 0.05) is 23.5 Å². The molecule has 8 heteroatoms. The largest absolute Gasteiger partial charge is 0.494 e. The predicted octanol–water partition coefficient (Wildman–Crippen LogP) is 3.49. The number of rotatable bonds is 6. The fourth-order valence-corrected chi connectivity index (χ4v) is 4.01. The number of aliphatic hydroxyl groups is 2. The number of aromatic nitrogens is 3. The summed E-state index contributed by atoms with van der Waals surface area (Å²) < 4.78 is 13.1. The van der Waals surface area contributed by atoms with E-state index in [9.17, 15) is 10.2 Å². The van der Waals surface area contributed by atoms with E-state index in [1.165, 1.54) is 6.33 Å². The Morgan fingerprint density at radius 3 is 2.72 bits per heavy atom. The Morgan fingerprint density at radius 2 is 1.97 bits per heavy atom. The Kier molecular flexibility index (Phi) is 5.48. The maximum Gasteiger partial charge on any atom is 0.164 e. The van der Waals surface area contributed by atoms with Crippen LogP contribution in [-0.4, -0.2) is 50.2 Å². The number of ether oxygens (including phenoxy) is 2. The van der Waals surface area contributed by atoms with Gasteiger partial charge in [0.2, 0.25) is 0 Å². The van der Waals surface area contributed by atoms with Crippen LogP contribution in [0.15, 0.2) is 67.1 Å². The van der Waals surface area contributed by atoms with Gasteiger partial charge in [-0.15, -0.1) is 0 Å². The molecule has 164 valence electrons. The molecule has 3 atom stereocenters. The first-order valence-corrected chi connectivity index (χ1v) is 10.5. The fraction of sp³-hybridized carbons (Fsp3) is 0.250. The maximum absolute atomic E-state index is 10.5. The van der Waals surface area contributed by atoms with Crippen molar-refractivity contribution in [1.29, 1.82) is 0 Å². The molecule has 3 heterocycles. The molecule has 1 aliphatic heterocycles. The van der Waals surface area contributed by atoms with Gasteiger partial charge < -0.3 is 29.6 Å². The summed E-state index contributed by atoms with van der Waals surface area (Å²) in [6.07, 6.45) is 0.624. The van der Waals surface area contributed by atoms with Gasteiger partial charge in [-0.05, 0) is 24.6 Å². The van der Waals surface area contributed by atoms with Crippen LogP contribution in [0, 0.1) is 0 Å². The Hall–Kier alpha value is -3.46. The number of nitrogens with one attached hydrogen (secondary N) is 1. The zero-order valence-electron chi connectivity index (χ0n) is 17.5. The molecule has 0 unspecified atom stereocenters. The van der Waals surface area contributed by atoms with Gasteiger partial charge in [-0.3, -0.25) is 0 Å². The maximum atomic E-state index is 10.5. The zero-order valence-corrected chi connectivity index (χ0v) is 17.5. The van der Waals surface area contributed by atoms with Gasteiger partial charge >= 0.3 is 0 Å². The van der Waals surface area contributed by atoms with Crippen LogP contribution >= 0.6 is 0 Å². The Morgan fingerprint density at radius 1 is 1.12 bits per heavy atom. The van der Waals surface area contributed by atoms with E-state index in [-0.39, 0.29) is 6.61 Å². The molecule has 1 saturated heterocycles. The smallest absolute Gasteiger partial charge is 0.164 e. The second-order valence-electron chi connectivity index (χ2n) is 7.60. The Bertz CT molecular complexity index is 1230. The highest BCUT2D eigenvalue weighted by atomic mass is 16.5. The van der Waals surface area contributed by atoms with E-state index in [1.807, 2.05) is 67.7 Å². The van der Waals surface area contributed by atoms with Crippen molar-refractivity contribution in [3.8, 4) is 16.9 Å². The predicted molar refractivity (Wildman–Crippen MR) is 121 cm³/mol. The molecule has 32 heavy (non-hydrogen) atoms. The third-order valence-electron chi connectivity index (χ3n) is 5.50. The van der Waals surface area contributed by atoms with E-state index in [2.05, 4.69) is 15.3 Å². The normalized spacial score (nSPS) is 20.5. The molecule has 4 aromatic rings. The van der Waals surface area contributed by atoms with Crippen molar-refractivity contribution in [2.45, 2.75) is 25.4 Å². The first-order chi connectivity index (χ1) is 15.7. The molecule has 0 amide bonds. The van der Waals surface area contributed by atoms with Crippen LogP contribution in [0.25, 0.3) is 22.2 Å². The molecule has 1 fully saturated rings. The number of aliphatic hydroxyl groups excluding tert-OH is 2. The number of hydrogen-bond acceptors (Lipinski definition) is 7. The SMILES string of the molecule is CCOc1cccc(Nc2ncnc3c2c(-c2ccccc2)cn3[C@@H]2OC[C@@H](O)[C@H]2O)c1. The quantitative estimate of drug-likeness (QED) is 0.429. The van der Waals surface area contributed by atoms with E-state index in [0.29, 0.717) is 18.1 Å². The molecule has 2 aromatic heterocycles. The molecule has 5 rings (SSSR count). The minimum absolute atomic E-state index is 0.0621. The summed E-state index contributed by atoms with van der Waals surface area (Å²) >= 11 is 0. The first kappa shape index (κ1) is 20.4. The topological polar surface area (TPSA) is 102 Å². The summed E-state index contributed by atoms with van der Waals surface area (Å²) in [4.78, 5) is 9.00. The Balaban J connectivity index is 1.65. The molecule has 1 aliphatic rings. The van der Waals surface area contributed by atoms with Gasteiger partial charge in [0.05, 0.1) is 18.6 Å². The van der Waals surface area contributed by atoms with E-state index in [0.717, 1.165) is 28.0 Å². The van der Waals surface area contributed by atoms with Gasteiger partial charge in [0.1, 0.15) is 35.7 Å². The molecule has 0 bridgehead atoms. The molecular weight excluding hydrogens is 408 g/mol. The van der Waals surface area contributed by atoms with Crippen molar-refractivity contribution in [2.24, 2.45) is 0 Å². The van der Waals surface area contributed by atoms with E-state index < -0.39 is 18.4 Å². The van der Waals surface area contributed by atoms with Crippen LogP contribution in [0.5, 0.6) is 5.75 Å². The highest BCUT2D eigenvalue weighted by molar-refractivity contribution is 6.02. The van der Waals surface area contributed by atoms with Crippen molar-refractivity contribution in [3.05, 3.63) is 67.1 Å². The molecule has 0 radical (unpaired) electrons. The highest BCUT2D eigenvalue weighted by Crippen LogP contribution is 2.38. The third-order valence-corrected chi connectivity index (χ3v) is 5.50. The molecule has 0 saturated carbocycles. The summed E-state index contributed by atoms with van der Waals surface area (Å²) in [7, 11) is 0. The van der Waals surface area contributed by atoms with Crippen LogP contribution in [0.4, 0.5) is 11.5 Å². The van der Waals surface area contributed by atoms with E-state index >= 15 is 0 Å². The summed E-state index contributed by atoms with van der Waals surface area (Å²) in [6, 6.07) is 17.6. The molecule has 0 aliphatic carbocycles. The lowest BCUT2D eigenvalue weighted by molar-refractivity contribution is -0.0159. The molecule has 3 N–H and O–H groups in total. The number of benzene rings is 2. The number of nitrogens with zero attached hydrogens (tertiary/aromatic N) is 3. The van der Waals surface area contributed by atoms with Gasteiger partial charge in [-0.2, -0.15) is 0 Å². The first-order valence-electron chi connectivity index (χ1n) is 10.5. The number of anilines is 2. The summed E-state index contributed by atoms with van der Waals surface area (Å²) in [5.74, 6) is 1.38. The van der Waals surface area contributed by atoms with Gasteiger partial charge in [-0.1, -0.05) is 36.4 Å². The average Bonchev–Trinajstić information content (AvgIpc) is 3.36. The average molecular weight is 432 g/mol. The monoisotopic (exact) mass is 432 g/mol. The van der Waals surface area contributed by atoms with Gasteiger partial charge in [-0.25, -0.2) is 9.97 Å². The fourth-order valence-electron chi connectivity index (χ4n) is 4.01. The standard InChI is InChI=1S/C24H24N4O4/c1-2-31-17-10-6-9-16(11-17)27-22-20-18(15-7-4-3-5-8-15)12-28(23(20)26-14-25-22)24-21(30)19(29)13-32-24/h3-12,14,19,21,24,29-30H,2,13H2,1H3,(H,25,26,27)/t19-,21-,24-/m1/s1. The summed E-state index contributed by atoms with van der Waals surface area (Å²) in [6.45, 7) is 2.59. The van der Waals surface area contributed by atoms with E-state index in [1.54, 1.807) is 4.57 Å². The highest BCUT2D eigenvalue weighted by Gasteiger charge is 2.37. The van der Waals surface area contributed by atoms with Crippen LogP contribution < -0.4 is 10.1 Å². The van der Waals surface area contributed by atoms with Crippen LogP contribution in [0.1, 0.15) is 13.2 Å². The molecule has 2 aromatic carbocycles. The molecular formula is C24H24N4O4. The van der Waals surface area contributed by atoms with Gasteiger partial charge in [0.25, 0.3) is 0 Å². The lowest BCUT2D eigenvalue weighted by atomic mass is 10.1. The summed E-state index contributed by atoms with van der Waals surface area (Å²) in [5, 5.41) is 24.6. The second kappa shape index (κ2) is 8.58. The van der Waals surface area contributed by atoms with Crippen molar-refractivity contribution >= 4 is 22.5 Å². The van der Waals surface area contributed by atoms with Crippen molar-refractivity contribution < 1.29 is 19.7 Å². The van der Waals surface area contributed by atoms with Crippen LogP contribution in [0.3, 0.4) is 0 Å². The number of hydrogen-bond donors (Lipinski definition) is 3. The second-order valence-corrected chi connectivity index (χ2v) is 7.60. The lowest BCUT2D eigenvalue weighted by Crippen LogP contribution is -2.28. The van der Waals surface area contributed by atoms with E-state index in [4.69, 9.17) is 9.47 Å². The molecule has 8 nitrogen and oxygen atoms in total. The minimum Gasteiger partial charge on any atom is -0.494 e. The van der Waals surface area contributed by atoms with Crippen molar-refractivity contribution in [2.75, 3.05) is 18.5 Å². The van der Waals surface area contributed by atoms with Crippen LogP contribution in [0.2, 0.25) is 0 Å². The Labute approximate surface area is 185 Å². The van der Waals surface area contributed by atoms with Gasteiger partial charge in [0.15, 0.2) is 6.23 Å². The number of fused-ring (bicyclic) bond motifs is 1. The zero-order chi connectivity index (χ0) is 22.1. The lowest BCUT2D eigenvalue weighted by Gasteiger charge is -2.17. The minimum atomic E-state index is -1.05. The third kappa shape index (κ3) is 3.69. The van der Waals surface area contributed by atoms with Crippen molar-refractivity contribution in [3.63, 3.8) is 0 Å². The van der Waals surface area contributed by atoms with Crippen molar-refractivity contribution in [1.82, 2.24) is 14.5 Å². The van der Waals surface area contributed by atoms with Crippen LogP contribution in [-0.2, 0) is 4.74 Å². The molecule has 0 spiro atoms. The summed E-state index contributed by atoms with van der Waals surface area (Å²) in [5.41, 5.74) is 3.29.